The second-order valence-electron chi connectivity index (χ2n) is 8.97. The Balaban J connectivity index is 1.90. The van der Waals surface area contributed by atoms with Crippen LogP contribution in [0.5, 0.6) is 5.75 Å². The fraction of sp³-hybridized carbons (Fsp3) is 0.360. The summed E-state index contributed by atoms with van der Waals surface area (Å²) in [5.74, 6) is -5.39. The van der Waals surface area contributed by atoms with Crippen LogP contribution >= 0.6 is 0 Å². The number of pyridine rings is 1. The first-order chi connectivity index (χ1) is 16.1. The van der Waals surface area contributed by atoms with Gasteiger partial charge in [-0.2, -0.15) is 0 Å². The predicted octanol–water partition coefficient (Wildman–Crippen LogP) is 1.51. The van der Waals surface area contributed by atoms with Gasteiger partial charge in [0.05, 0.1) is 17.7 Å². The number of aliphatic hydroxyl groups excluding tert-OH is 2. The summed E-state index contributed by atoms with van der Waals surface area (Å²) < 4.78 is 0. The van der Waals surface area contributed by atoms with E-state index in [0.29, 0.717) is 16.8 Å². The number of aromatic nitrogens is 1. The molecule has 0 bridgehead atoms. The SMILES string of the molecule is Cc1ccnc(-c2ccc(O)c3c2C[C@H]2C[C@@H](CCO)[C@@](O)(C(=O)CC(N)=O)C(O)=C2C3=O)c1. The molecule has 9 nitrogen and oxygen atoms in total. The molecule has 1 amide bonds. The molecule has 0 fully saturated rings. The number of nitrogens with zero attached hydrogens (tertiary/aromatic N) is 1. The zero-order valence-electron chi connectivity index (χ0n) is 18.6. The first kappa shape index (κ1) is 23.6. The van der Waals surface area contributed by atoms with Gasteiger partial charge in [0, 0.05) is 29.9 Å². The molecule has 9 heteroatoms. The van der Waals surface area contributed by atoms with Gasteiger partial charge in [-0.3, -0.25) is 19.4 Å². The molecule has 178 valence electrons. The van der Waals surface area contributed by atoms with E-state index in [-0.39, 0.29) is 42.8 Å². The van der Waals surface area contributed by atoms with Crippen LogP contribution in [0.1, 0.15) is 40.7 Å². The van der Waals surface area contributed by atoms with Gasteiger partial charge in [0.15, 0.2) is 17.2 Å². The predicted molar refractivity (Wildman–Crippen MR) is 121 cm³/mol. The Kier molecular flexibility index (Phi) is 6.01. The topological polar surface area (TPSA) is 171 Å². The molecule has 34 heavy (non-hydrogen) atoms. The number of nitrogens with two attached hydrogens (primary N) is 1. The van der Waals surface area contributed by atoms with Crippen molar-refractivity contribution in [3.05, 3.63) is 58.5 Å². The fourth-order valence-corrected chi connectivity index (χ4v) is 5.24. The molecule has 0 aliphatic heterocycles. The number of hydrogen-bond donors (Lipinski definition) is 5. The number of amides is 1. The van der Waals surface area contributed by atoms with Gasteiger partial charge >= 0.3 is 0 Å². The summed E-state index contributed by atoms with van der Waals surface area (Å²) in [6.07, 6.45) is 1.11. The van der Waals surface area contributed by atoms with Crippen molar-refractivity contribution < 1.29 is 34.8 Å². The maximum atomic E-state index is 13.6. The van der Waals surface area contributed by atoms with Gasteiger partial charge in [-0.05, 0) is 67.5 Å². The number of aromatic hydroxyl groups is 1. The third kappa shape index (κ3) is 3.66. The van der Waals surface area contributed by atoms with E-state index in [2.05, 4.69) is 4.98 Å². The van der Waals surface area contributed by atoms with Crippen LogP contribution in [0.2, 0.25) is 0 Å². The Bertz CT molecular complexity index is 1240. The van der Waals surface area contributed by atoms with Crippen LogP contribution in [0.3, 0.4) is 0 Å². The molecule has 0 radical (unpaired) electrons. The van der Waals surface area contributed by atoms with Crippen LogP contribution in [0, 0.1) is 18.8 Å². The van der Waals surface area contributed by atoms with Crippen LogP contribution in [-0.4, -0.2) is 55.1 Å². The summed E-state index contributed by atoms with van der Waals surface area (Å²) in [7, 11) is 0. The van der Waals surface area contributed by atoms with Gasteiger partial charge in [-0.15, -0.1) is 0 Å². The summed E-state index contributed by atoms with van der Waals surface area (Å²) in [5, 5.41) is 42.5. The molecule has 0 saturated carbocycles. The molecule has 0 unspecified atom stereocenters. The highest BCUT2D eigenvalue weighted by Crippen LogP contribution is 2.49. The number of primary amides is 1. The first-order valence-electron chi connectivity index (χ1n) is 11.0. The van der Waals surface area contributed by atoms with Crippen molar-refractivity contribution in [1.29, 1.82) is 0 Å². The second kappa shape index (κ2) is 8.66. The van der Waals surface area contributed by atoms with Gasteiger partial charge in [-0.1, -0.05) is 0 Å². The molecular weight excluding hydrogens is 440 g/mol. The van der Waals surface area contributed by atoms with E-state index in [1.807, 2.05) is 19.1 Å². The number of fused-ring (bicyclic) bond motifs is 2. The number of carbonyl (C=O) groups is 3. The standard InChI is InChI=1S/C25H26N2O7/c1-12-4-6-27-17(8-12)15-2-3-18(29)22-16(15)10-13-9-14(5-7-28)25(34,19(30)11-20(26)31)24(33)21(13)23(22)32/h2-4,6,8,13-14,28-29,33-34H,5,7,9-11H2,1H3,(H2,26,31)/t13-,14-,25-/m1/s1. The third-order valence-corrected chi connectivity index (χ3v) is 6.83. The number of phenols is 1. The maximum absolute atomic E-state index is 13.6. The molecule has 0 spiro atoms. The van der Waals surface area contributed by atoms with Gasteiger partial charge in [-0.25, -0.2) is 0 Å². The maximum Gasteiger partial charge on any atom is 0.225 e. The Hall–Kier alpha value is -3.56. The summed E-state index contributed by atoms with van der Waals surface area (Å²) in [5.41, 5.74) is 5.19. The highest BCUT2D eigenvalue weighted by atomic mass is 16.3. The van der Waals surface area contributed by atoms with Crippen LogP contribution in [-0.2, 0) is 16.0 Å². The minimum absolute atomic E-state index is 0.0242. The number of phenolic OH excluding ortho intramolecular Hbond substituents is 1. The smallest absolute Gasteiger partial charge is 0.225 e. The summed E-state index contributed by atoms with van der Waals surface area (Å²) >= 11 is 0. The Morgan fingerprint density at radius 3 is 2.62 bits per heavy atom. The first-order valence-corrected chi connectivity index (χ1v) is 11.0. The van der Waals surface area contributed by atoms with E-state index in [9.17, 15) is 34.8 Å². The van der Waals surface area contributed by atoms with Crippen molar-refractivity contribution in [3.8, 4) is 17.0 Å². The Morgan fingerprint density at radius 1 is 1.24 bits per heavy atom. The molecule has 4 rings (SSSR count). The number of Topliss-reactive ketones (excluding diaryl/α,β-unsaturated/α-hetero) is 2. The van der Waals surface area contributed by atoms with Crippen molar-refractivity contribution in [2.45, 2.75) is 38.2 Å². The number of aliphatic hydroxyl groups is 3. The van der Waals surface area contributed by atoms with Crippen LogP contribution in [0.15, 0.2) is 41.8 Å². The van der Waals surface area contributed by atoms with E-state index in [1.54, 1.807) is 12.3 Å². The average Bonchev–Trinajstić information content (AvgIpc) is 2.76. The number of ketones is 2. The van der Waals surface area contributed by atoms with Crippen LogP contribution in [0.25, 0.3) is 11.3 Å². The number of rotatable bonds is 6. The van der Waals surface area contributed by atoms with E-state index in [4.69, 9.17) is 5.73 Å². The van der Waals surface area contributed by atoms with Crippen molar-refractivity contribution >= 4 is 17.5 Å². The summed E-state index contributed by atoms with van der Waals surface area (Å²) in [6.45, 7) is 1.53. The normalized spacial score (nSPS) is 23.9. The van der Waals surface area contributed by atoms with Crippen LogP contribution < -0.4 is 5.73 Å². The molecular formula is C25H26N2O7. The fourth-order valence-electron chi connectivity index (χ4n) is 5.24. The highest BCUT2D eigenvalue weighted by molar-refractivity contribution is 6.15. The molecule has 1 aromatic heterocycles. The number of hydrogen-bond acceptors (Lipinski definition) is 8. The molecule has 6 N–H and O–H groups in total. The van der Waals surface area contributed by atoms with Gasteiger partial charge in [0.25, 0.3) is 0 Å². The van der Waals surface area contributed by atoms with Crippen molar-refractivity contribution in [2.24, 2.45) is 17.6 Å². The van der Waals surface area contributed by atoms with Gasteiger partial charge in [0.2, 0.25) is 5.91 Å². The molecule has 1 aromatic carbocycles. The minimum Gasteiger partial charge on any atom is -0.508 e. The van der Waals surface area contributed by atoms with Crippen molar-refractivity contribution in [2.75, 3.05) is 6.61 Å². The minimum atomic E-state index is -2.54. The van der Waals surface area contributed by atoms with E-state index < -0.39 is 47.1 Å². The van der Waals surface area contributed by atoms with E-state index >= 15 is 0 Å². The molecule has 1 heterocycles. The molecule has 3 atom stereocenters. The Labute approximate surface area is 195 Å². The molecule has 2 aliphatic carbocycles. The lowest BCUT2D eigenvalue weighted by molar-refractivity contribution is -0.147. The molecule has 2 aromatic rings. The van der Waals surface area contributed by atoms with Gasteiger partial charge < -0.3 is 26.2 Å². The zero-order valence-corrected chi connectivity index (χ0v) is 18.6. The van der Waals surface area contributed by atoms with Crippen molar-refractivity contribution in [1.82, 2.24) is 4.98 Å². The largest absolute Gasteiger partial charge is 0.508 e. The lowest BCUT2D eigenvalue weighted by Crippen LogP contribution is -2.54. The number of benzene rings is 1. The highest BCUT2D eigenvalue weighted by Gasteiger charge is 2.55. The second-order valence-corrected chi connectivity index (χ2v) is 8.97. The lowest BCUT2D eigenvalue weighted by atomic mass is 9.62. The van der Waals surface area contributed by atoms with Crippen molar-refractivity contribution in [3.63, 3.8) is 0 Å². The monoisotopic (exact) mass is 466 g/mol. The third-order valence-electron chi connectivity index (χ3n) is 6.83. The molecule has 2 aliphatic rings. The number of allylic oxidation sites excluding steroid dienone is 1. The van der Waals surface area contributed by atoms with E-state index in [1.165, 1.54) is 6.07 Å². The van der Waals surface area contributed by atoms with E-state index in [0.717, 1.165) is 5.56 Å². The Morgan fingerprint density at radius 2 is 1.97 bits per heavy atom. The number of aryl methyl sites for hydroxylation is 1. The molecule has 0 saturated heterocycles. The summed E-state index contributed by atoms with van der Waals surface area (Å²) in [6, 6.07) is 6.75. The van der Waals surface area contributed by atoms with Gasteiger partial charge in [0.1, 0.15) is 11.5 Å². The summed E-state index contributed by atoms with van der Waals surface area (Å²) in [4.78, 5) is 42.1. The lowest BCUT2D eigenvalue weighted by Gasteiger charge is -2.43. The quantitative estimate of drug-likeness (QED) is 0.399. The van der Waals surface area contributed by atoms with Crippen LogP contribution in [0.4, 0.5) is 0 Å². The zero-order chi connectivity index (χ0) is 24.8. The average molecular weight is 466 g/mol. The number of carbonyl (C=O) groups excluding carboxylic acids is 3.